The molecule has 0 radical (unpaired) electrons. The molecule has 2 heterocycles. The molecular formula is C22H32N4O6. The van der Waals surface area contributed by atoms with Gasteiger partial charge in [-0.3, -0.25) is 0 Å². The number of amides is 1. The lowest BCUT2D eigenvalue weighted by molar-refractivity contribution is -0.320. The molecule has 0 spiro atoms. The van der Waals surface area contributed by atoms with Gasteiger partial charge in [-0.05, 0) is 32.7 Å². The minimum Gasteiger partial charge on any atom is -0.444 e. The van der Waals surface area contributed by atoms with Gasteiger partial charge in [-0.2, -0.15) is 0 Å². The van der Waals surface area contributed by atoms with E-state index in [0.717, 1.165) is 5.56 Å². The summed E-state index contributed by atoms with van der Waals surface area (Å²) in [5, 5.41) is 6.48. The zero-order valence-corrected chi connectivity index (χ0v) is 19.0. The normalized spacial score (nSPS) is 30.0. The van der Waals surface area contributed by atoms with Gasteiger partial charge in [0.15, 0.2) is 12.5 Å². The Labute approximate surface area is 188 Å². The molecule has 176 valence electrons. The lowest BCUT2D eigenvalue weighted by atomic mass is 9.89. The van der Waals surface area contributed by atoms with Crippen LogP contribution in [0.1, 0.15) is 46.0 Å². The van der Waals surface area contributed by atoms with E-state index in [1.54, 1.807) is 0 Å². The number of carbonyl (C=O) groups is 1. The van der Waals surface area contributed by atoms with Gasteiger partial charge < -0.3 is 29.0 Å². The number of benzene rings is 1. The van der Waals surface area contributed by atoms with Crippen LogP contribution in [0.25, 0.3) is 10.4 Å². The highest BCUT2D eigenvalue weighted by atomic mass is 16.7. The van der Waals surface area contributed by atoms with Gasteiger partial charge in [0.2, 0.25) is 0 Å². The lowest BCUT2D eigenvalue weighted by Crippen LogP contribution is -2.58. The number of carbonyl (C=O) groups excluding carboxylic acids is 1. The van der Waals surface area contributed by atoms with E-state index in [-0.39, 0.29) is 18.1 Å². The molecule has 6 atom stereocenters. The van der Waals surface area contributed by atoms with Gasteiger partial charge in [-0.15, -0.1) is 0 Å². The monoisotopic (exact) mass is 448 g/mol. The largest absolute Gasteiger partial charge is 0.444 e. The molecule has 0 saturated carbocycles. The van der Waals surface area contributed by atoms with Gasteiger partial charge in [0.05, 0.1) is 18.8 Å². The summed E-state index contributed by atoms with van der Waals surface area (Å²) in [6.07, 6.45) is -2.28. The third-order valence-corrected chi connectivity index (χ3v) is 5.23. The van der Waals surface area contributed by atoms with Crippen molar-refractivity contribution in [2.24, 2.45) is 11.0 Å². The molecule has 1 amide bonds. The Bertz CT molecular complexity index is 795. The molecule has 0 aromatic heterocycles. The molecule has 1 aromatic rings. The Kier molecular flexibility index (Phi) is 8.33. The van der Waals surface area contributed by atoms with Gasteiger partial charge in [-0.1, -0.05) is 42.4 Å². The fourth-order valence-corrected chi connectivity index (χ4v) is 3.79. The lowest BCUT2D eigenvalue weighted by Gasteiger charge is -2.47. The molecule has 32 heavy (non-hydrogen) atoms. The van der Waals surface area contributed by atoms with Crippen molar-refractivity contribution in [3.8, 4) is 0 Å². The van der Waals surface area contributed by atoms with E-state index in [2.05, 4.69) is 15.3 Å². The fourth-order valence-electron chi connectivity index (χ4n) is 3.79. The van der Waals surface area contributed by atoms with Crippen molar-refractivity contribution >= 4 is 6.09 Å². The van der Waals surface area contributed by atoms with Crippen LogP contribution in [0.5, 0.6) is 0 Å². The van der Waals surface area contributed by atoms with Gasteiger partial charge in [0.25, 0.3) is 0 Å². The predicted molar refractivity (Wildman–Crippen MR) is 116 cm³/mol. The molecule has 0 aliphatic carbocycles. The number of azide groups is 1. The number of rotatable bonds is 7. The summed E-state index contributed by atoms with van der Waals surface area (Å²) in [5.41, 5.74) is 9.36. The molecule has 1 N–H and O–H groups in total. The standard InChI is InChI=1S/C22H32N4O6/c1-14-17-16(13-29-20(31-17)15-9-6-5-7-10-15)30-19(25-26-23)18(14)28-12-8-11-24-21(27)32-22(2,3)4/h5-7,9-10,14,16-20H,8,11-13H2,1-4H3,(H,24,27)/t14-,16?,17+,18?,19+,20?/m0/s1. The summed E-state index contributed by atoms with van der Waals surface area (Å²) < 4.78 is 29.3. The number of fused-ring (bicyclic) bond motifs is 1. The highest BCUT2D eigenvalue weighted by Gasteiger charge is 2.48. The van der Waals surface area contributed by atoms with Crippen molar-refractivity contribution in [3.63, 3.8) is 0 Å². The van der Waals surface area contributed by atoms with Crippen LogP contribution in [0, 0.1) is 5.92 Å². The van der Waals surface area contributed by atoms with Gasteiger partial charge in [0, 0.05) is 29.5 Å². The highest BCUT2D eigenvalue weighted by molar-refractivity contribution is 5.67. The molecular weight excluding hydrogens is 416 g/mol. The number of nitrogens with zero attached hydrogens (tertiary/aromatic N) is 3. The van der Waals surface area contributed by atoms with Crippen molar-refractivity contribution in [1.82, 2.24) is 5.32 Å². The summed E-state index contributed by atoms with van der Waals surface area (Å²) in [6.45, 7) is 8.50. The van der Waals surface area contributed by atoms with E-state index < -0.39 is 30.3 Å². The van der Waals surface area contributed by atoms with E-state index in [1.165, 1.54) is 0 Å². The summed E-state index contributed by atoms with van der Waals surface area (Å²) in [5.74, 6) is -0.0989. The number of hydrogen-bond donors (Lipinski definition) is 1. The topological polar surface area (TPSA) is 124 Å². The minimum absolute atomic E-state index is 0.0989. The molecule has 10 nitrogen and oxygen atoms in total. The number of hydrogen-bond acceptors (Lipinski definition) is 7. The van der Waals surface area contributed by atoms with Crippen LogP contribution < -0.4 is 5.32 Å². The predicted octanol–water partition coefficient (Wildman–Crippen LogP) is 4.07. The Balaban J connectivity index is 1.54. The summed E-state index contributed by atoms with van der Waals surface area (Å²) in [4.78, 5) is 14.7. The fraction of sp³-hybridized carbons (Fsp3) is 0.682. The zero-order chi connectivity index (χ0) is 23.1. The molecule has 2 aliphatic heterocycles. The van der Waals surface area contributed by atoms with Crippen LogP contribution in [0.3, 0.4) is 0 Å². The van der Waals surface area contributed by atoms with Crippen LogP contribution in [0.2, 0.25) is 0 Å². The number of ether oxygens (including phenoxy) is 5. The number of nitrogens with one attached hydrogen (secondary N) is 1. The smallest absolute Gasteiger partial charge is 0.407 e. The van der Waals surface area contributed by atoms with Crippen LogP contribution in [0.15, 0.2) is 35.4 Å². The molecule has 2 aliphatic rings. The first-order valence-corrected chi connectivity index (χ1v) is 10.9. The Morgan fingerprint density at radius 2 is 2.03 bits per heavy atom. The molecule has 10 heteroatoms. The second-order valence-electron chi connectivity index (χ2n) is 8.92. The molecule has 2 fully saturated rings. The Morgan fingerprint density at radius 3 is 2.72 bits per heavy atom. The number of alkyl carbamates (subject to hydrolysis) is 1. The van der Waals surface area contributed by atoms with Crippen LogP contribution in [-0.4, -0.2) is 56.0 Å². The second-order valence-corrected chi connectivity index (χ2v) is 8.92. The maximum Gasteiger partial charge on any atom is 0.407 e. The average Bonchev–Trinajstić information content (AvgIpc) is 2.75. The first-order valence-electron chi connectivity index (χ1n) is 10.9. The van der Waals surface area contributed by atoms with E-state index in [1.807, 2.05) is 58.0 Å². The minimum atomic E-state index is -0.782. The second kappa shape index (κ2) is 11.0. The van der Waals surface area contributed by atoms with Gasteiger partial charge in [-0.25, -0.2) is 4.79 Å². The highest BCUT2D eigenvalue weighted by Crippen LogP contribution is 2.38. The van der Waals surface area contributed by atoms with E-state index in [4.69, 9.17) is 29.2 Å². The molecule has 1 aromatic carbocycles. The molecule has 2 saturated heterocycles. The third kappa shape index (κ3) is 6.57. The molecule has 3 unspecified atom stereocenters. The van der Waals surface area contributed by atoms with Crippen molar-refractivity contribution in [2.75, 3.05) is 19.8 Å². The van der Waals surface area contributed by atoms with E-state index in [9.17, 15) is 4.79 Å². The summed E-state index contributed by atoms with van der Waals surface area (Å²) >= 11 is 0. The van der Waals surface area contributed by atoms with Crippen molar-refractivity contribution in [1.29, 1.82) is 0 Å². The van der Waals surface area contributed by atoms with Crippen molar-refractivity contribution in [3.05, 3.63) is 46.3 Å². The maximum absolute atomic E-state index is 11.7. The van der Waals surface area contributed by atoms with Crippen LogP contribution in [0.4, 0.5) is 4.79 Å². The Hall–Kier alpha value is -2.36. The van der Waals surface area contributed by atoms with E-state index in [0.29, 0.717) is 26.2 Å². The summed E-state index contributed by atoms with van der Waals surface area (Å²) in [6, 6.07) is 9.71. The first kappa shape index (κ1) is 24.3. The van der Waals surface area contributed by atoms with E-state index >= 15 is 0 Å². The zero-order valence-electron chi connectivity index (χ0n) is 19.0. The van der Waals surface area contributed by atoms with Crippen LogP contribution in [-0.2, 0) is 23.7 Å². The van der Waals surface area contributed by atoms with Crippen molar-refractivity contribution < 1.29 is 28.5 Å². The maximum atomic E-state index is 11.7. The van der Waals surface area contributed by atoms with Crippen molar-refractivity contribution in [2.45, 2.75) is 70.5 Å². The SMILES string of the molecule is C[C@@H]1C(OCCCNC(=O)OC(C)(C)C)[C@H](N=[N+]=[N-])OC2COC(c3ccccc3)O[C@@H]21. The molecule has 0 bridgehead atoms. The quantitative estimate of drug-likeness (QED) is 0.290. The third-order valence-electron chi connectivity index (χ3n) is 5.23. The Morgan fingerprint density at radius 1 is 1.28 bits per heavy atom. The van der Waals surface area contributed by atoms with Gasteiger partial charge >= 0.3 is 6.09 Å². The molecule has 3 rings (SSSR count). The first-order chi connectivity index (χ1) is 15.3. The van der Waals surface area contributed by atoms with Crippen LogP contribution >= 0.6 is 0 Å². The average molecular weight is 449 g/mol. The summed E-state index contributed by atoms with van der Waals surface area (Å²) in [7, 11) is 0. The van der Waals surface area contributed by atoms with Gasteiger partial charge in [0.1, 0.15) is 11.7 Å².